The maximum atomic E-state index is 6.84. The summed E-state index contributed by atoms with van der Waals surface area (Å²) < 4.78 is 0. The lowest BCUT2D eigenvalue weighted by Gasteiger charge is -2.40. The standard InChI is InChI=1S/C25H29ClN8/c1-15-24(34-12-10-25(11-13-34)8-4-5-9-25)30-23-22(28-15)20(31-32-23)16-6-7-17-21(19(16)26)29-18(14-27-17)33(2)3/h6-7,14H,4-5,8-13H2,1-3H3,(H,30,31,32). The molecule has 3 aromatic heterocycles. The number of benzene rings is 1. The number of H-pyrrole nitrogens is 1. The Morgan fingerprint density at radius 3 is 2.50 bits per heavy atom. The fraction of sp³-hybridized carbons (Fsp3) is 0.480. The van der Waals surface area contributed by atoms with E-state index in [4.69, 9.17) is 26.6 Å². The van der Waals surface area contributed by atoms with Crippen molar-refractivity contribution in [3.05, 3.63) is 29.0 Å². The highest BCUT2D eigenvalue weighted by atomic mass is 35.5. The summed E-state index contributed by atoms with van der Waals surface area (Å²) in [7, 11) is 3.86. The molecular weight excluding hydrogens is 448 g/mol. The molecule has 8 nitrogen and oxygen atoms in total. The zero-order valence-corrected chi connectivity index (χ0v) is 20.7. The van der Waals surface area contributed by atoms with Gasteiger partial charge in [0.25, 0.3) is 0 Å². The highest BCUT2D eigenvalue weighted by Crippen LogP contribution is 2.46. The predicted octanol–water partition coefficient (Wildman–Crippen LogP) is 5.15. The molecule has 4 heterocycles. The molecule has 1 aliphatic carbocycles. The van der Waals surface area contributed by atoms with Crippen molar-refractivity contribution in [2.24, 2.45) is 5.41 Å². The Morgan fingerprint density at radius 2 is 1.76 bits per heavy atom. The highest BCUT2D eigenvalue weighted by Gasteiger charge is 2.37. The summed E-state index contributed by atoms with van der Waals surface area (Å²) >= 11 is 6.84. The zero-order chi connectivity index (χ0) is 23.4. The molecule has 0 amide bonds. The Morgan fingerprint density at radius 1 is 1.00 bits per heavy atom. The van der Waals surface area contributed by atoms with Crippen molar-refractivity contribution < 1.29 is 0 Å². The SMILES string of the molecule is Cc1nc2c(-c3ccc4ncc(N(C)C)nc4c3Cl)[nH]nc2nc1N1CCC2(CCCC2)CC1. The summed E-state index contributed by atoms with van der Waals surface area (Å²) in [5.74, 6) is 1.70. The van der Waals surface area contributed by atoms with Crippen molar-refractivity contribution >= 4 is 45.4 Å². The van der Waals surface area contributed by atoms with Crippen LogP contribution in [-0.2, 0) is 0 Å². The number of rotatable bonds is 3. The Balaban J connectivity index is 1.36. The normalized spacial score (nSPS) is 17.8. The number of aromatic nitrogens is 6. The van der Waals surface area contributed by atoms with Gasteiger partial charge in [-0.15, -0.1) is 0 Å². The fourth-order valence-electron chi connectivity index (χ4n) is 5.66. The third-order valence-corrected chi connectivity index (χ3v) is 8.08. The van der Waals surface area contributed by atoms with Gasteiger partial charge in [0.1, 0.15) is 16.9 Å². The van der Waals surface area contributed by atoms with Crippen LogP contribution in [0, 0.1) is 12.3 Å². The Kier molecular flexibility index (Phi) is 5.09. The fourth-order valence-corrected chi connectivity index (χ4v) is 5.96. The third-order valence-electron chi connectivity index (χ3n) is 7.69. The second-order valence-corrected chi connectivity index (χ2v) is 10.4. The van der Waals surface area contributed by atoms with Gasteiger partial charge in [0, 0.05) is 32.7 Å². The minimum absolute atomic E-state index is 0.528. The molecule has 6 rings (SSSR count). The molecule has 9 heteroatoms. The Labute approximate surface area is 203 Å². The van der Waals surface area contributed by atoms with Crippen molar-refractivity contribution in [1.82, 2.24) is 30.1 Å². The number of nitrogens with one attached hydrogen (secondary N) is 1. The van der Waals surface area contributed by atoms with Crippen molar-refractivity contribution in [2.45, 2.75) is 45.4 Å². The number of aromatic amines is 1. The second kappa shape index (κ2) is 8.05. The van der Waals surface area contributed by atoms with Gasteiger partial charge in [0.15, 0.2) is 5.82 Å². The minimum atomic E-state index is 0.528. The van der Waals surface area contributed by atoms with Crippen molar-refractivity contribution in [2.75, 3.05) is 37.0 Å². The first-order chi connectivity index (χ1) is 16.4. The molecule has 0 unspecified atom stereocenters. The number of fused-ring (bicyclic) bond motifs is 2. The summed E-state index contributed by atoms with van der Waals surface area (Å²) in [6.45, 7) is 4.12. The maximum absolute atomic E-state index is 6.84. The van der Waals surface area contributed by atoms with Crippen LogP contribution in [0.4, 0.5) is 11.6 Å². The van der Waals surface area contributed by atoms with Crippen LogP contribution in [0.2, 0.25) is 5.02 Å². The molecule has 1 N–H and O–H groups in total. The van der Waals surface area contributed by atoms with E-state index in [0.717, 1.165) is 52.7 Å². The van der Waals surface area contributed by atoms with E-state index in [1.165, 1.54) is 38.5 Å². The molecule has 0 radical (unpaired) electrons. The Bertz CT molecular complexity index is 1380. The zero-order valence-electron chi connectivity index (χ0n) is 19.9. The molecule has 1 saturated heterocycles. The average molecular weight is 477 g/mol. The van der Waals surface area contributed by atoms with Gasteiger partial charge < -0.3 is 9.80 Å². The van der Waals surface area contributed by atoms with E-state index in [0.29, 0.717) is 21.6 Å². The second-order valence-electron chi connectivity index (χ2n) is 10.0. The molecule has 1 spiro atoms. The van der Waals surface area contributed by atoms with Gasteiger partial charge in [0.05, 0.1) is 28.1 Å². The maximum Gasteiger partial charge on any atom is 0.202 e. The van der Waals surface area contributed by atoms with E-state index in [1.54, 1.807) is 6.20 Å². The van der Waals surface area contributed by atoms with E-state index in [9.17, 15) is 0 Å². The minimum Gasteiger partial charge on any atom is -0.361 e. The number of halogens is 1. The first-order valence-corrected chi connectivity index (χ1v) is 12.4. The van der Waals surface area contributed by atoms with Crippen LogP contribution >= 0.6 is 11.6 Å². The molecule has 0 bridgehead atoms. The molecule has 4 aromatic rings. The largest absolute Gasteiger partial charge is 0.361 e. The van der Waals surface area contributed by atoms with E-state index >= 15 is 0 Å². The molecule has 1 aromatic carbocycles. The number of hydrogen-bond acceptors (Lipinski definition) is 7. The summed E-state index contributed by atoms with van der Waals surface area (Å²) in [6, 6.07) is 3.87. The lowest BCUT2D eigenvalue weighted by Crippen LogP contribution is -2.39. The van der Waals surface area contributed by atoms with Crippen molar-refractivity contribution in [3.8, 4) is 11.3 Å². The number of aryl methyl sites for hydroxylation is 1. The van der Waals surface area contributed by atoms with Crippen molar-refractivity contribution in [3.63, 3.8) is 0 Å². The van der Waals surface area contributed by atoms with Crippen LogP contribution in [0.15, 0.2) is 18.3 Å². The van der Waals surface area contributed by atoms with Gasteiger partial charge in [-0.3, -0.25) is 10.1 Å². The van der Waals surface area contributed by atoms with Gasteiger partial charge >= 0.3 is 0 Å². The molecule has 2 fully saturated rings. The van der Waals surface area contributed by atoms with Crippen LogP contribution in [-0.4, -0.2) is 57.3 Å². The van der Waals surface area contributed by atoms with Gasteiger partial charge in [-0.1, -0.05) is 24.4 Å². The molecule has 1 saturated carbocycles. The number of piperidine rings is 1. The first-order valence-electron chi connectivity index (χ1n) is 12.0. The molecule has 2 aliphatic rings. The summed E-state index contributed by atoms with van der Waals surface area (Å²) in [5.41, 5.74) is 5.79. The van der Waals surface area contributed by atoms with Gasteiger partial charge in [-0.25, -0.2) is 15.0 Å². The van der Waals surface area contributed by atoms with Crippen LogP contribution in [0.1, 0.15) is 44.2 Å². The van der Waals surface area contributed by atoms with Gasteiger partial charge in [-0.05, 0) is 50.2 Å². The Hall–Kier alpha value is -3.00. The molecule has 34 heavy (non-hydrogen) atoms. The lowest BCUT2D eigenvalue weighted by molar-refractivity contribution is 0.226. The summed E-state index contributed by atoms with van der Waals surface area (Å²) in [4.78, 5) is 23.4. The molecule has 176 valence electrons. The van der Waals surface area contributed by atoms with Crippen molar-refractivity contribution in [1.29, 1.82) is 0 Å². The molecular formula is C25H29ClN8. The monoisotopic (exact) mass is 476 g/mol. The highest BCUT2D eigenvalue weighted by molar-refractivity contribution is 6.38. The van der Waals surface area contributed by atoms with Crippen LogP contribution in [0.3, 0.4) is 0 Å². The van der Waals surface area contributed by atoms with Crippen LogP contribution in [0.5, 0.6) is 0 Å². The van der Waals surface area contributed by atoms with Gasteiger partial charge in [0.2, 0.25) is 5.65 Å². The number of anilines is 2. The summed E-state index contributed by atoms with van der Waals surface area (Å²) in [5, 5.41) is 8.16. The predicted molar refractivity (Wildman–Crippen MR) is 137 cm³/mol. The van der Waals surface area contributed by atoms with E-state index in [-0.39, 0.29) is 0 Å². The molecule has 1 aliphatic heterocycles. The smallest absolute Gasteiger partial charge is 0.202 e. The first kappa shape index (κ1) is 21.5. The van der Waals surface area contributed by atoms with E-state index < -0.39 is 0 Å². The van der Waals surface area contributed by atoms with E-state index in [2.05, 4.69) is 20.1 Å². The van der Waals surface area contributed by atoms with Gasteiger partial charge in [-0.2, -0.15) is 5.10 Å². The number of hydrogen-bond donors (Lipinski definition) is 1. The topological polar surface area (TPSA) is 86.7 Å². The van der Waals surface area contributed by atoms with Crippen LogP contribution < -0.4 is 9.80 Å². The average Bonchev–Trinajstić information content (AvgIpc) is 3.46. The van der Waals surface area contributed by atoms with Crippen LogP contribution in [0.25, 0.3) is 33.5 Å². The third kappa shape index (κ3) is 3.47. The molecule has 0 atom stereocenters. The van der Waals surface area contributed by atoms with E-state index in [1.807, 2.05) is 38.1 Å². The quantitative estimate of drug-likeness (QED) is 0.437. The number of nitrogens with zero attached hydrogens (tertiary/aromatic N) is 7. The lowest BCUT2D eigenvalue weighted by atomic mass is 9.77. The summed E-state index contributed by atoms with van der Waals surface area (Å²) in [6.07, 6.45) is 9.80.